The molecule has 106 valence electrons. The van der Waals surface area contributed by atoms with Gasteiger partial charge in [0.15, 0.2) is 0 Å². The van der Waals surface area contributed by atoms with Crippen molar-refractivity contribution >= 4 is 22.3 Å². The third kappa shape index (κ3) is 2.33. The van der Waals surface area contributed by atoms with E-state index in [2.05, 4.69) is 36.0 Å². The molecule has 0 aliphatic heterocycles. The first-order valence-electron chi connectivity index (χ1n) is 7.53. The number of nitrogen functional groups attached to an aromatic ring is 1. The van der Waals surface area contributed by atoms with E-state index in [4.69, 9.17) is 5.73 Å². The molecular formula is C17H23N3. The molecule has 2 N–H and O–H groups in total. The first-order chi connectivity index (χ1) is 9.66. The number of fused-ring (bicyclic) bond motifs is 1. The molecule has 0 bridgehead atoms. The van der Waals surface area contributed by atoms with Gasteiger partial charge in [-0.15, -0.1) is 0 Å². The van der Waals surface area contributed by atoms with Crippen LogP contribution < -0.4 is 10.6 Å². The highest BCUT2D eigenvalue weighted by Crippen LogP contribution is 2.33. The van der Waals surface area contributed by atoms with Crippen molar-refractivity contribution in [3.05, 3.63) is 30.5 Å². The summed E-state index contributed by atoms with van der Waals surface area (Å²) in [6, 6.07) is 8.74. The normalized spacial score (nSPS) is 22.9. The molecule has 3 rings (SSSR count). The number of nitrogens with zero attached hydrogens (tertiary/aromatic N) is 2. The lowest BCUT2D eigenvalue weighted by atomic mass is 9.86. The Morgan fingerprint density at radius 3 is 2.65 bits per heavy atom. The van der Waals surface area contributed by atoms with Crippen molar-refractivity contribution in [2.24, 2.45) is 5.92 Å². The van der Waals surface area contributed by atoms with Gasteiger partial charge in [0.2, 0.25) is 0 Å². The van der Waals surface area contributed by atoms with Gasteiger partial charge in [0.25, 0.3) is 0 Å². The van der Waals surface area contributed by atoms with Gasteiger partial charge in [0.05, 0.1) is 11.2 Å². The number of pyridine rings is 1. The summed E-state index contributed by atoms with van der Waals surface area (Å²) in [4.78, 5) is 6.95. The van der Waals surface area contributed by atoms with Crippen molar-refractivity contribution in [2.45, 2.75) is 38.6 Å². The zero-order valence-corrected chi connectivity index (χ0v) is 12.3. The quantitative estimate of drug-likeness (QED) is 0.842. The van der Waals surface area contributed by atoms with Crippen LogP contribution in [0.1, 0.15) is 32.6 Å². The number of hydrogen-bond donors (Lipinski definition) is 1. The smallest absolute Gasteiger partial charge is 0.0955 e. The molecule has 2 aromatic rings. The molecule has 0 radical (unpaired) electrons. The Bertz CT molecular complexity index is 600. The minimum Gasteiger partial charge on any atom is -0.398 e. The summed E-state index contributed by atoms with van der Waals surface area (Å²) in [7, 11) is 2.19. The zero-order chi connectivity index (χ0) is 14.1. The molecule has 0 spiro atoms. The number of anilines is 2. The van der Waals surface area contributed by atoms with Crippen LogP contribution in [0.4, 0.5) is 11.4 Å². The lowest BCUT2D eigenvalue weighted by molar-refractivity contribution is 0.341. The molecule has 1 aromatic carbocycles. The molecule has 3 nitrogen and oxygen atoms in total. The molecule has 1 heterocycles. The maximum atomic E-state index is 6.06. The highest BCUT2D eigenvalue weighted by molar-refractivity contribution is 5.98. The van der Waals surface area contributed by atoms with Crippen LogP contribution >= 0.6 is 0 Å². The van der Waals surface area contributed by atoms with Gasteiger partial charge in [-0.1, -0.05) is 6.92 Å². The standard InChI is InChI=1S/C17H23N3/c1-12-5-7-13(8-6-12)20(2)16-10-9-15(18)14-4-3-11-19-17(14)16/h3-4,9-13H,5-8,18H2,1-2H3. The third-order valence-corrected chi connectivity index (χ3v) is 4.70. The van der Waals surface area contributed by atoms with Gasteiger partial charge in [-0.2, -0.15) is 0 Å². The van der Waals surface area contributed by atoms with E-state index in [9.17, 15) is 0 Å². The van der Waals surface area contributed by atoms with E-state index >= 15 is 0 Å². The molecule has 1 aliphatic rings. The molecule has 0 amide bonds. The van der Waals surface area contributed by atoms with Crippen LogP contribution in [0.3, 0.4) is 0 Å². The summed E-state index contributed by atoms with van der Waals surface area (Å²) in [5.41, 5.74) is 9.10. The SMILES string of the molecule is CC1CCC(N(C)c2ccc(N)c3cccnc23)CC1. The van der Waals surface area contributed by atoms with Crippen LogP contribution in [0, 0.1) is 5.92 Å². The van der Waals surface area contributed by atoms with Crippen molar-refractivity contribution < 1.29 is 0 Å². The lowest BCUT2D eigenvalue weighted by Crippen LogP contribution is -2.35. The van der Waals surface area contributed by atoms with E-state index in [1.807, 2.05) is 18.3 Å². The van der Waals surface area contributed by atoms with Crippen LogP contribution in [-0.4, -0.2) is 18.1 Å². The van der Waals surface area contributed by atoms with Gasteiger partial charge in [-0.25, -0.2) is 0 Å². The average Bonchev–Trinajstić information content (AvgIpc) is 2.48. The summed E-state index contributed by atoms with van der Waals surface area (Å²) in [6.45, 7) is 2.36. The molecular weight excluding hydrogens is 246 g/mol. The Labute approximate surface area is 120 Å². The molecule has 0 unspecified atom stereocenters. The second kappa shape index (κ2) is 5.31. The number of nitrogens with two attached hydrogens (primary N) is 1. The van der Waals surface area contributed by atoms with Crippen LogP contribution in [0.15, 0.2) is 30.5 Å². The molecule has 1 aliphatic carbocycles. The van der Waals surface area contributed by atoms with Crippen LogP contribution in [0.5, 0.6) is 0 Å². The molecule has 1 aromatic heterocycles. The average molecular weight is 269 g/mol. The molecule has 0 saturated heterocycles. The summed E-state index contributed by atoms with van der Waals surface area (Å²) >= 11 is 0. The highest BCUT2D eigenvalue weighted by atomic mass is 15.1. The van der Waals surface area contributed by atoms with Crippen molar-refractivity contribution in [1.82, 2.24) is 4.98 Å². The molecule has 0 atom stereocenters. The Hall–Kier alpha value is -1.77. The Balaban J connectivity index is 1.95. The first-order valence-corrected chi connectivity index (χ1v) is 7.53. The van der Waals surface area contributed by atoms with Gasteiger partial charge in [0.1, 0.15) is 0 Å². The summed E-state index contributed by atoms with van der Waals surface area (Å²) in [5.74, 6) is 0.876. The molecule has 20 heavy (non-hydrogen) atoms. The Morgan fingerprint density at radius 1 is 1.15 bits per heavy atom. The van der Waals surface area contributed by atoms with E-state index < -0.39 is 0 Å². The lowest BCUT2D eigenvalue weighted by Gasteiger charge is -2.35. The largest absolute Gasteiger partial charge is 0.398 e. The van der Waals surface area contributed by atoms with Crippen LogP contribution in [0.25, 0.3) is 10.9 Å². The molecule has 3 heteroatoms. The first kappa shape index (κ1) is 13.2. The van der Waals surface area contributed by atoms with Crippen molar-refractivity contribution in [3.63, 3.8) is 0 Å². The summed E-state index contributed by atoms with van der Waals surface area (Å²) in [5, 5.41) is 1.06. The van der Waals surface area contributed by atoms with Crippen molar-refractivity contribution in [3.8, 4) is 0 Å². The van der Waals surface area contributed by atoms with Crippen molar-refractivity contribution in [2.75, 3.05) is 17.7 Å². The van der Waals surface area contributed by atoms with Crippen LogP contribution in [-0.2, 0) is 0 Å². The second-order valence-corrected chi connectivity index (χ2v) is 6.10. The zero-order valence-electron chi connectivity index (χ0n) is 12.3. The Morgan fingerprint density at radius 2 is 1.90 bits per heavy atom. The van der Waals surface area contributed by atoms with E-state index in [0.29, 0.717) is 6.04 Å². The van der Waals surface area contributed by atoms with Gasteiger partial charge >= 0.3 is 0 Å². The fourth-order valence-electron chi connectivity index (χ4n) is 3.29. The van der Waals surface area contributed by atoms with Crippen molar-refractivity contribution in [1.29, 1.82) is 0 Å². The van der Waals surface area contributed by atoms with Gasteiger partial charge in [0, 0.05) is 30.4 Å². The van der Waals surface area contributed by atoms with E-state index in [-0.39, 0.29) is 0 Å². The molecule has 1 fully saturated rings. The fourth-order valence-corrected chi connectivity index (χ4v) is 3.29. The number of aromatic nitrogens is 1. The maximum absolute atomic E-state index is 6.06. The molecule has 1 saturated carbocycles. The highest BCUT2D eigenvalue weighted by Gasteiger charge is 2.23. The minimum absolute atomic E-state index is 0.625. The van der Waals surface area contributed by atoms with Gasteiger partial charge in [-0.3, -0.25) is 4.98 Å². The maximum Gasteiger partial charge on any atom is 0.0955 e. The number of hydrogen-bond acceptors (Lipinski definition) is 3. The third-order valence-electron chi connectivity index (χ3n) is 4.70. The van der Waals surface area contributed by atoms with E-state index in [1.54, 1.807) is 0 Å². The predicted molar refractivity (Wildman–Crippen MR) is 86.0 cm³/mol. The number of rotatable bonds is 2. The second-order valence-electron chi connectivity index (χ2n) is 6.10. The predicted octanol–water partition coefficient (Wildman–Crippen LogP) is 3.83. The summed E-state index contributed by atoms with van der Waals surface area (Å²) in [6.07, 6.45) is 7.06. The number of benzene rings is 1. The Kier molecular flexibility index (Phi) is 3.51. The van der Waals surface area contributed by atoms with E-state index in [0.717, 1.165) is 22.5 Å². The topological polar surface area (TPSA) is 42.1 Å². The van der Waals surface area contributed by atoms with Gasteiger partial charge < -0.3 is 10.6 Å². The minimum atomic E-state index is 0.625. The fraction of sp³-hybridized carbons (Fsp3) is 0.471. The van der Waals surface area contributed by atoms with Crippen LogP contribution in [0.2, 0.25) is 0 Å². The van der Waals surface area contributed by atoms with Gasteiger partial charge in [-0.05, 0) is 55.9 Å². The monoisotopic (exact) mass is 269 g/mol. The summed E-state index contributed by atoms with van der Waals surface area (Å²) < 4.78 is 0. The van der Waals surface area contributed by atoms with E-state index in [1.165, 1.54) is 31.4 Å².